The SMILES string of the molecule is CNC(CC1CCCC1)CC(C)C(C)(C)C. The predicted octanol–water partition coefficient (Wildman–Crippen LogP) is 4.23. The highest BCUT2D eigenvalue weighted by Gasteiger charge is 2.25. The molecule has 1 aliphatic carbocycles. The highest BCUT2D eigenvalue weighted by atomic mass is 14.9. The Balaban J connectivity index is 2.36. The fourth-order valence-corrected chi connectivity index (χ4v) is 2.76. The summed E-state index contributed by atoms with van der Waals surface area (Å²) in [5.74, 6) is 1.80. The summed E-state index contributed by atoms with van der Waals surface area (Å²) < 4.78 is 0. The molecule has 0 spiro atoms. The van der Waals surface area contributed by atoms with Crippen LogP contribution < -0.4 is 5.32 Å². The lowest BCUT2D eigenvalue weighted by Gasteiger charge is -2.31. The standard InChI is InChI=1S/C15H31N/c1-12(15(2,3)4)10-14(16-5)11-13-8-6-7-9-13/h12-14,16H,6-11H2,1-5H3. The minimum absolute atomic E-state index is 0.449. The van der Waals surface area contributed by atoms with Crippen LogP contribution in [0.3, 0.4) is 0 Å². The van der Waals surface area contributed by atoms with Gasteiger partial charge in [-0.2, -0.15) is 0 Å². The Bertz CT molecular complexity index is 186. The van der Waals surface area contributed by atoms with E-state index < -0.39 is 0 Å². The first-order valence-corrected chi connectivity index (χ1v) is 7.10. The van der Waals surface area contributed by atoms with Gasteiger partial charge in [-0.15, -0.1) is 0 Å². The van der Waals surface area contributed by atoms with Gasteiger partial charge in [0.1, 0.15) is 0 Å². The topological polar surface area (TPSA) is 12.0 Å². The van der Waals surface area contributed by atoms with Crippen LogP contribution in [0.4, 0.5) is 0 Å². The van der Waals surface area contributed by atoms with Crippen LogP contribution in [0, 0.1) is 17.3 Å². The normalized spacial score (nSPS) is 22.3. The summed E-state index contributed by atoms with van der Waals surface area (Å²) in [5.41, 5.74) is 0.449. The maximum absolute atomic E-state index is 3.53. The summed E-state index contributed by atoms with van der Waals surface area (Å²) in [6.45, 7) is 9.48. The number of hydrogen-bond donors (Lipinski definition) is 1. The summed E-state index contributed by atoms with van der Waals surface area (Å²) >= 11 is 0. The van der Waals surface area contributed by atoms with Gasteiger partial charge in [-0.25, -0.2) is 0 Å². The molecule has 1 fully saturated rings. The fraction of sp³-hybridized carbons (Fsp3) is 1.00. The van der Waals surface area contributed by atoms with Gasteiger partial charge in [-0.1, -0.05) is 53.4 Å². The highest BCUT2D eigenvalue weighted by Crippen LogP contribution is 2.33. The zero-order valence-corrected chi connectivity index (χ0v) is 12.0. The van der Waals surface area contributed by atoms with E-state index in [0.29, 0.717) is 5.41 Å². The van der Waals surface area contributed by atoms with Crippen LogP contribution in [-0.4, -0.2) is 13.1 Å². The molecule has 0 aromatic rings. The zero-order chi connectivity index (χ0) is 12.2. The first kappa shape index (κ1) is 14.0. The molecule has 16 heavy (non-hydrogen) atoms. The average molecular weight is 225 g/mol. The van der Waals surface area contributed by atoms with E-state index in [1.54, 1.807) is 0 Å². The second kappa shape index (κ2) is 6.05. The van der Waals surface area contributed by atoms with Crippen LogP contribution in [0.5, 0.6) is 0 Å². The molecule has 2 atom stereocenters. The van der Waals surface area contributed by atoms with Crippen LogP contribution >= 0.6 is 0 Å². The summed E-state index contributed by atoms with van der Waals surface area (Å²) in [7, 11) is 2.13. The molecule has 1 saturated carbocycles. The van der Waals surface area contributed by atoms with Crippen LogP contribution in [0.1, 0.15) is 66.2 Å². The van der Waals surface area contributed by atoms with Crippen LogP contribution in [0.2, 0.25) is 0 Å². The lowest BCUT2D eigenvalue weighted by molar-refractivity contribution is 0.214. The van der Waals surface area contributed by atoms with Gasteiger partial charge in [0.2, 0.25) is 0 Å². The third-order valence-electron chi connectivity index (χ3n) is 4.62. The predicted molar refractivity (Wildman–Crippen MR) is 72.7 cm³/mol. The van der Waals surface area contributed by atoms with E-state index in [4.69, 9.17) is 0 Å². The molecular formula is C15H31N. The van der Waals surface area contributed by atoms with E-state index in [0.717, 1.165) is 17.9 Å². The number of rotatable bonds is 5. The number of nitrogens with one attached hydrogen (secondary N) is 1. The summed E-state index contributed by atoms with van der Waals surface area (Å²) in [6, 6.07) is 0.734. The van der Waals surface area contributed by atoms with Gasteiger partial charge in [0.15, 0.2) is 0 Å². The third kappa shape index (κ3) is 4.45. The van der Waals surface area contributed by atoms with Crippen molar-refractivity contribution in [2.75, 3.05) is 7.05 Å². The summed E-state index contributed by atoms with van der Waals surface area (Å²) in [5, 5.41) is 3.53. The van der Waals surface area contributed by atoms with Crippen LogP contribution in [-0.2, 0) is 0 Å². The van der Waals surface area contributed by atoms with Gasteiger partial charge in [0.25, 0.3) is 0 Å². The largest absolute Gasteiger partial charge is 0.317 e. The Morgan fingerprint density at radius 2 is 1.75 bits per heavy atom. The molecule has 0 aliphatic heterocycles. The van der Waals surface area contributed by atoms with Crippen LogP contribution in [0.15, 0.2) is 0 Å². The minimum Gasteiger partial charge on any atom is -0.317 e. The van der Waals surface area contributed by atoms with Gasteiger partial charge in [-0.3, -0.25) is 0 Å². The third-order valence-corrected chi connectivity index (χ3v) is 4.62. The smallest absolute Gasteiger partial charge is 0.00694 e. The lowest BCUT2D eigenvalue weighted by atomic mass is 9.77. The quantitative estimate of drug-likeness (QED) is 0.738. The molecule has 1 nitrogen and oxygen atoms in total. The van der Waals surface area contributed by atoms with E-state index in [-0.39, 0.29) is 0 Å². The van der Waals surface area contributed by atoms with Gasteiger partial charge < -0.3 is 5.32 Å². The molecular weight excluding hydrogens is 194 g/mol. The Morgan fingerprint density at radius 3 is 2.19 bits per heavy atom. The van der Waals surface area contributed by atoms with Gasteiger partial charge in [0.05, 0.1) is 0 Å². The number of hydrogen-bond acceptors (Lipinski definition) is 1. The summed E-state index contributed by atoms with van der Waals surface area (Å²) in [6.07, 6.45) is 8.61. The van der Waals surface area contributed by atoms with Crippen molar-refractivity contribution < 1.29 is 0 Å². The molecule has 0 amide bonds. The Morgan fingerprint density at radius 1 is 1.19 bits per heavy atom. The molecule has 2 unspecified atom stereocenters. The average Bonchev–Trinajstić information content (AvgIpc) is 2.67. The van der Waals surface area contributed by atoms with Crippen LogP contribution in [0.25, 0.3) is 0 Å². The molecule has 0 aromatic carbocycles. The van der Waals surface area contributed by atoms with Crippen molar-refractivity contribution in [2.45, 2.75) is 72.3 Å². The van der Waals surface area contributed by atoms with Crippen molar-refractivity contribution in [1.29, 1.82) is 0 Å². The first-order valence-electron chi connectivity index (χ1n) is 7.10. The molecule has 0 radical (unpaired) electrons. The van der Waals surface area contributed by atoms with Gasteiger partial charge >= 0.3 is 0 Å². The zero-order valence-electron chi connectivity index (χ0n) is 12.0. The Kier molecular flexibility index (Phi) is 5.30. The molecule has 0 bridgehead atoms. The first-order chi connectivity index (χ1) is 7.43. The monoisotopic (exact) mass is 225 g/mol. The second-order valence-electron chi connectivity index (χ2n) is 6.87. The molecule has 0 heterocycles. The maximum atomic E-state index is 3.53. The molecule has 96 valence electrons. The fourth-order valence-electron chi connectivity index (χ4n) is 2.76. The van der Waals surface area contributed by atoms with E-state index in [9.17, 15) is 0 Å². The molecule has 0 saturated heterocycles. The van der Waals surface area contributed by atoms with Crippen molar-refractivity contribution >= 4 is 0 Å². The van der Waals surface area contributed by atoms with E-state index in [2.05, 4.69) is 40.1 Å². The molecule has 0 aromatic heterocycles. The van der Waals surface area contributed by atoms with Crippen molar-refractivity contribution in [3.05, 3.63) is 0 Å². The molecule has 1 rings (SSSR count). The van der Waals surface area contributed by atoms with Crippen molar-refractivity contribution in [1.82, 2.24) is 5.32 Å². The second-order valence-corrected chi connectivity index (χ2v) is 6.87. The van der Waals surface area contributed by atoms with E-state index in [1.165, 1.54) is 38.5 Å². The van der Waals surface area contributed by atoms with E-state index in [1.807, 2.05) is 0 Å². The lowest BCUT2D eigenvalue weighted by Crippen LogP contribution is -2.32. The van der Waals surface area contributed by atoms with Gasteiger partial charge in [-0.05, 0) is 37.1 Å². The maximum Gasteiger partial charge on any atom is 0.00694 e. The minimum atomic E-state index is 0.449. The molecule has 1 N–H and O–H groups in total. The van der Waals surface area contributed by atoms with Gasteiger partial charge in [0, 0.05) is 6.04 Å². The molecule has 1 heteroatoms. The van der Waals surface area contributed by atoms with Crippen molar-refractivity contribution in [3.8, 4) is 0 Å². The Hall–Kier alpha value is -0.0400. The van der Waals surface area contributed by atoms with Crippen molar-refractivity contribution in [2.24, 2.45) is 17.3 Å². The Labute approximate surface area is 102 Å². The highest BCUT2D eigenvalue weighted by molar-refractivity contribution is 4.80. The molecule has 1 aliphatic rings. The van der Waals surface area contributed by atoms with E-state index >= 15 is 0 Å². The van der Waals surface area contributed by atoms with Crippen molar-refractivity contribution in [3.63, 3.8) is 0 Å². The summed E-state index contributed by atoms with van der Waals surface area (Å²) in [4.78, 5) is 0.